The second-order valence-electron chi connectivity index (χ2n) is 4.19. The molecule has 0 fully saturated rings. The van der Waals surface area contributed by atoms with E-state index in [1.807, 2.05) is 14.0 Å². The van der Waals surface area contributed by atoms with E-state index in [1.54, 1.807) is 0 Å². The van der Waals surface area contributed by atoms with Gasteiger partial charge in [0.1, 0.15) is 0 Å². The van der Waals surface area contributed by atoms with Gasteiger partial charge in [0.15, 0.2) is 0 Å². The topological polar surface area (TPSA) is 32.3 Å². The van der Waals surface area contributed by atoms with E-state index in [4.69, 9.17) is 0 Å². The van der Waals surface area contributed by atoms with Crippen molar-refractivity contribution in [3.05, 3.63) is 0 Å². The van der Waals surface area contributed by atoms with Gasteiger partial charge in [0.25, 0.3) is 0 Å². The van der Waals surface area contributed by atoms with E-state index in [9.17, 15) is 5.11 Å². The van der Waals surface area contributed by atoms with Gasteiger partial charge in [0.05, 0.1) is 6.10 Å². The van der Waals surface area contributed by atoms with Crippen LogP contribution in [0.1, 0.15) is 58.8 Å². The van der Waals surface area contributed by atoms with E-state index in [1.165, 1.54) is 38.5 Å². The smallest absolute Gasteiger partial charge is 0.0664 e. The minimum atomic E-state index is -0.226. The molecule has 86 valence electrons. The van der Waals surface area contributed by atoms with E-state index in [0.717, 1.165) is 6.42 Å². The van der Waals surface area contributed by atoms with Crippen molar-refractivity contribution in [2.45, 2.75) is 70.9 Å². The van der Waals surface area contributed by atoms with E-state index in [0.29, 0.717) is 0 Å². The average molecular weight is 201 g/mol. The summed E-state index contributed by atoms with van der Waals surface area (Å²) in [4.78, 5) is 0. The van der Waals surface area contributed by atoms with Crippen LogP contribution >= 0.6 is 0 Å². The number of unbranched alkanes of at least 4 members (excludes halogenated alkanes) is 5. The highest BCUT2D eigenvalue weighted by Crippen LogP contribution is 2.10. The van der Waals surface area contributed by atoms with Gasteiger partial charge in [-0.05, 0) is 20.4 Å². The van der Waals surface area contributed by atoms with Gasteiger partial charge in [-0.2, -0.15) is 0 Å². The molecule has 0 aliphatic carbocycles. The Balaban J connectivity index is 3.25. The molecule has 2 heteroatoms. The lowest BCUT2D eigenvalue weighted by Crippen LogP contribution is -2.35. The van der Waals surface area contributed by atoms with Crippen LogP contribution in [0.25, 0.3) is 0 Å². The molecular formula is C12H27NO. The Labute approximate surface area is 89.1 Å². The molecule has 0 amide bonds. The molecule has 0 aliphatic heterocycles. The van der Waals surface area contributed by atoms with Crippen LogP contribution in [-0.2, 0) is 0 Å². The van der Waals surface area contributed by atoms with Crippen LogP contribution in [0.4, 0.5) is 0 Å². The molecule has 2 atom stereocenters. The highest BCUT2D eigenvalue weighted by molar-refractivity contribution is 4.69. The zero-order chi connectivity index (χ0) is 10.8. The second kappa shape index (κ2) is 9.47. The Morgan fingerprint density at radius 3 is 2.14 bits per heavy atom. The standard InChI is InChI=1S/C12H27NO/c1-4-5-6-7-8-9-10-12(13-3)11(2)14/h11-14H,4-10H2,1-3H3. The molecule has 0 bridgehead atoms. The highest BCUT2D eigenvalue weighted by atomic mass is 16.3. The summed E-state index contributed by atoms with van der Waals surface area (Å²) in [6.07, 6.45) is 8.82. The fourth-order valence-electron chi connectivity index (χ4n) is 1.77. The molecule has 0 aromatic rings. The van der Waals surface area contributed by atoms with Crippen molar-refractivity contribution in [2.75, 3.05) is 7.05 Å². The SMILES string of the molecule is CCCCCCCCC(NC)C(C)O. The van der Waals surface area contributed by atoms with E-state index >= 15 is 0 Å². The van der Waals surface area contributed by atoms with Gasteiger partial charge in [-0.25, -0.2) is 0 Å². The molecule has 0 saturated carbocycles. The number of aliphatic hydroxyl groups is 1. The Hall–Kier alpha value is -0.0800. The second-order valence-corrected chi connectivity index (χ2v) is 4.19. The van der Waals surface area contributed by atoms with Crippen LogP contribution in [0.3, 0.4) is 0 Å². The molecule has 0 aromatic carbocycles. The van der Waals surface area contributed by atoms with Gasteiger partial charge in [0.2, 0.25) is 0 Å². The third-order valence-electron chi connectivity index (χ3n) is 2.82. The van der Waals surface area contributed by atoms with Crippen molar-refractivity contribution in [3.63, 3.8) is 0 Å². The Bertz CT molecular complexity index is 115. The number of hydrogen-bond acceptors (Lipinski definition) is 2. The van der Waals surface area contributed by atoms with E-state index in [-0.39, 0.29) is 12.1 Å². The number of nitrogens with one attached hydrogen (secondary N) is 1. The lowest BCUT2D eigenvalue weighted by atomic mass is 10.0. The first kappa shape index (κ1) is 13.9. The van der Waals surface area contributed by atoms with Crippen LogP contribution in [0, 0.1) is 0 Å². The summed E-state index contributed by atoms with van der Waals surface area (Å²) in [5.41, 5.74) is 0. The summed E-state index contributed by atoms with van der Waals surface area (Å²) >= 11 is 0. The van der Waals surface area contributed by atoms with E-state index in [2.05, 4.69) is 12.2 Å². The van der Waals surface area contributed by atoms with Crippen molar-refractivity contribution in [1.82, 2.24) is 5.32 Å². The molecule has 0 rings (SSSR count). The fourth-order valence-corrected chi connectivity index (χ4v) is 1.77. The van der Waals surface area contributed by atoms with Crippen molar-refractivity contribution in [3.8, 4) is 0 Å². The lowest BCUT2D eigenvalue weighted by molar-refractivity contribution is 0.143. The molecular weight excluding hydrogens is 174 g/mol. The van der Waals surface area contributed by atoms with Crippen molar-refractivity contribution >= 4 is 0 Å². The number of rotatable bonds is 9. The molecule has 2 nitrogen and oxygen atoms in total. The lowest BCUT2D eigenvalue weighted by Gasteiger charge is -2.18. The molecule has 14 heavy (non-hydrogen) atoms. The largest absolute Gasteiger partial charge is 0.392 e. The quantitative estimate of drug-likeness (QED) is 0.562. The van der Waals surface area contributed by atoms with Crippen LogP contribution in [0.15, 0.2) is 0 Å². The molecule has 0 spiro atoms. The molecule has 0 aliphatic rings. The number of hydrogen-bond donors (Lipinski definition) is 2. The zero-order valence-electron chi connectivity index (χ0n) is 10.1. The van der Waals surface area contributed by atoms with Crippen LogP contribution in [0.2, 0.25) is 0 Å². The zero-order valence-corrected chi connectivity index (χ0v) is 10.1. The highest BCUT2D eigenvalue weighted by Gasteiger charge is 2.10. The van der Waals surface area contributed by atoms with Crippen molar-refractivity contribution in [1.29, 1.82) is 0 Å². The maximum absolute atomic E-state index is 9.39. The fraction of sp³-hybridized carbons (Fsp3) is 1.00. The first-order valence-electron chi connectivity index (χ1n) is 6.07. The van der Waals surface area contributed by atoms with Crippen molar-refractivity contribution in [2.24, 2.45) is 0 Å². The monoisotopic (exact) mass is 201 g/mol. The predicted molar refractivity (Wildman–Crippen MR) is 62.5 cm³/mol. The van der Waals surface area contributed by atoms with Crippen LogP contribution < -0.4 is 5.32 Å². The summed E-state index contributed by atoms with van der Waals surface area (Å²) in [6.45, 7) is 4.10. The summed E-state index contributed by atoms with van der Waals surface area (Å²) in [7, 11) is 1.93. The minimum absolute atomic E-state index is 0.226. The maximum atomic E-state index is 9.39. The Morgan fingerprint density at radius 1 is 1.07 bits per heavy atom. The van der Waals surface area contributed by atoms with Gasteiger partial charge in [-0.3, -0.25) is 0 Å². The first-order chi connectivity index (χ1) is 6.72. The van der Waals surface area contributed by atoms with Gasteiger partial charge in [0, 0.05) is 6.04 Å². The number of likely N-dealkylation sites (N-methyl/N-ethyl adjacent to an activating group) is 1. The molecule has 2 unspecified atom stereocenters. The van der Waals surface area contributed by atoms with Crippen LogP contribution in [0.5, 0.6) is 0 Å². The summed E-state index contributed by atoms with van der Waals surface area (Å²) in [5.74, 6) is 0. The maximum Gasteiger partial charge on any atom is 0.0664 e. The third-order valence-corrected chi connectivity index (χ3v) is 2.82. The molecule has 0 heterocycles. The molecule has 0 radical (unpaired) electrons. The van der Waals surface area contributed by atoms with Gasteiger partial charge < -0.3 is 10.4 Å². The summed E-state index contributed by atoms with van der Waals surface area (Å²) in [5, 5.41) is 12.5. The molecule has 0 aromatic heterocycles. The summed E-state index contributed by atoms with van der Waals surface area (Å²) in [6, 6.07) is 0.279. The average Bonchev–Trinajstić information content (AvgIpc) is 2.16. The minimum Gasteiger partial charge on any atom is -0.392 e. The van der Waals surface area contributed by atoms with Gasteiger partial charge in [-0.1, -0.05) is 45.4 Å². The Morgan fingerprint density at radius 2 is 1.64 bits per heavy atom. The first-order valence-corrected chi connectivity index (χ1v) is 6.07. The van der Waals surface area contributed by atoms with Gasteiger partial charge >= 0.3 is 0 Å². The van der Waals surface area contributed by atoms with Crippen molar-refractivity contribution < 1.29 is 5.11 Å². The molecule has 0 saturated heterocycles. The predicted octanol–water partition coefficient (Wildman–Crippen LogP) is 2.71. The van der Waals surface area contributed by atoms with E-state index < -0.39 is 0 Å². The van der Waals surface area contributed by atoms with Crippen LogP contribution in [-0.4, -0.2) is 24.3 Å². The van der Waals surface area contributed by atoms with Gasteiger partial charge in [-0.15, -0.1) is 0 Å². The Kier molecular flexibility index (Phi) is 9.42. The number of aliphatic hydroxyl groups excluding tert-OH is 1. The summed E-state index contributed by atoms with van der Waals surface area (Å²) < 4.78 is 0. The third kappa shape index (κ3) is 7.34. The molecule has 2 N–H and O–H groups in total. The normalized spacial score (nSPS) is 15.4.